The minimum atomic E-state index is -3.50. The molecule has 0 saturated heterocycles. The summed E-state index contributed by atoms with van der Waals surface area (Å²) in [5, 5.41) is 8.43. The lowest BCUT2D eigenvalue weighted by Crippen LogP contribution is -2.46. The predicted octanol–water partition coefficient (Wildman–Crippen LogP) is -0.220. The van der Waals surface area contributed by atoms with Gasteiger partial charge in [0.1, 0.15) is 0 Å². The van der Waals surface area contributed by atoms with Crippen molar-refractivity contribution in [2.75, 3.05) is 13.6 Å². The van der Waals surface area contributed by atoms with Gasteiger partial charge in [0.25, 0.3) is 10.2 Å². The number of nitrogens with zero attached hydrogens (tertiary/aromatic N) is 1. The molecule has 2 N–H and O–H groups in total. The van der Waals surface area contributed by atoms with Gasteiger partial charge in [-0.1, -0.05) is 6.42 Å². The maximum atomic E-state index is 11.6. The van der Waals surface area contributed by atoms with Crippen molar-refractivity contribution in [3.8, 4) is 0 Å². The molecule has 0 unspecified atom stereocenters. The highest BCUT2D eigenvalue weighted by atomic mass is 32.2. The van der Waals surface area contributed by atoms with E-state index in [4.69, 9.17) is 5.11 Å². The number of hydrogen-bond acceptors (Lipinski definition) is 3. The van der Waals surface area contributed by atoms with E-state index in [1.54, 1.807) is 0 Å². The third kappa shape index (κ3) is 3.77. The van der Waals surface area contributed by atoms with E-state index in [2.05, 4.69) is 4.72 Å². The lowest BCUT2D eigenvalue weighted by molar-refractivity contribution is -0.137. The summed E-state index contributed by atoms with van der Waals surface area (Å²) in [6.45, 7) is -0.00259. The second kappa shape index (κ2) is 4.91. The second-order valence-corrected chi connectivity index (χ2v) is 5.53. The van der Waals surface area contributed by atoms with Crippen LogP contribution in [-0.2, 0) is 15.0 Å². The van der Waals surface area contributed by atoms with Crippen LogP contribution in [0.15, 0.2) is 0 Å². The molecule has 0 bridgehead atoms. The zero-order valence-electron chi connectivity index (χ0n) is 8.64. The van der Waals surface area contributed by atoms with E-state index in [0.717, 1.165) is 23.6 Å². The molecule has 0 radical (unpaired) electrons. The van der Waals surface area contributed by atoms with Crippen LogP contribution in [0.1, 0.15) is 25.7 Å². The highest BCUT2D eigenvalue weighted by molar-refractivity contribution is 7.87. The maximum absolute atomic E-state index is 11.6. The van der Waals surface area contributed by atoms with Gasteiger partial charge in [-0.15, -0.1) is 0 Å². The van der Waals surface area contributed by atoms with E-state index in [-0.39, 0.29) is 19.0 Å². The Kier molecular flexibility index (Phi) is 4.06. The molecular formula is C8H16N2O4S. The van der Waals surface area contributed by atoms with Crippen molar-refractivity contribution >= 4 is 16.2 Å². The van der Waals surface area contributed by atoms with Crippen LogP contribution in [0.25, 0.3) is 0 Å². The molecule has 88 valence electrons. The average Bonchev–Trinajstić information content (AvgIpc) is 2.07. The summed E-state index contributed by atoms with van der Waals surface area (Å²) in [6.07, 6.45) is 2.60. The first kappa shape index (κ1) is 12.4. The summed E-state index contributed by atoms with van der Waals surface area (Å²) < 4.78 is 26.7. The normalized spacial score (nSPS) is 17.7. The van der Waals surface area contributed by atoms with Crippen molar-refractivity contribution in [2.45, 2.75) is 31.7 Å². The van der Waals surface area contributed by atoms with Crippen LogP contribution in [0, 0.1) is 0 Å². The third-order valence-corrected chi connectivity index (χ3v) is 4.11. The van der Waals surface area contributed by atoms with Gasteiger partial charge >= 0.3 is 5.97 Å². The van der Waals surface area contributed by atoms with Crippen molar-refractivity contribution in [2.24, 2.45) is 0 Å². The Balaban J connectivity index is 2.41. The molecule has 1 saturated carbocycles. The maximum Gasteiger partial charge on any atom is 0.304 e. The van der Waals surface area contributed by atoms with Gasteiger partial charge in [-0.25, -0.2) is 0 Å². The molecule has 6 nitrogen and oxygen atoms in total. The summed E-state index contributed by atoms with van der Waals surface area (Å²) in [7, 11) is -2.12. The Morgan fingerprint density at radius 1 is 1.53 bits per heavy atom. The van der Waals surface area contributed by atoms with Crippen molar-refractivity contribution in [3.05, 3.63) is 0 Å². The molecule has 0 amide bonds. The summed E-state index contributed by atoms with van der Waals surface area (Å²) in [6, 6.07) is 0.0299. The van der Waals surface area contributed by atoms with E-state index in [9.17, 15) is 13.2 Å². The number of rotatable bonds is 6. The Labute approximate surface area is 89.4 Å². The lowest BCUT2D eigenvalue weighted by Gasteiger charge is -2.28. The van der Waals surface area contributed by atoms with E-state index in [1.165, 1.54) is 7.05 Å². The molecule has 1 rings (SSSR count). The fraction of sp³-hybridized carbons (Fsp3) is 0.875. The molecule has 1 aliphatic carbocycles. The van der Waals surface area contributed by atoms with Crippen molar-refractivity contribution in [1.82, 2.24) is 9.03 Å². The molecule has 7 heteroatoms. The molecule has 0 aliphatic heterocycles. The standard InChI is InChI=1S/C8H16N2O4S/c1-10(6-5-8(11)12)15(13,14)9-7-3-2-4-7/h7,9H,2-6H2,1H3,(H,11,12). The number of carboxylic acid groups (broad SMARTS) is 1. The van der Waals surface area contributed by atoms with Crippen LogP contribution < -0.4 is 4.72 Å². The molecule has 1 aliphatic rings. The number of carboxylic acids is 1. The minimum absolute atomic E-state index is 0.00259. The summed E-state index contributed by atoms with van der Waals surface area (Å²) in [5.74, 6) is -0.999. The van der Waals surface area contributed by atoms with E-state index in [1.807, 2.05) is 0 Å². The van der Waals surface area contributed by atoms with E-state index in [0.29, 0.717) is 0 Å². The molecule has 0 spiro atoms. The highest BCUT2D eigenvalue weighted by Gasteiger charge is 2.26. The Morgan fingerprint density at radius 2 is 2.13 bits per heavy atom. The van der Waals surface area contributed by atoms with Gasteiger partial charge in [-0.05, 0) is 12.8 Å². The Bertz CT molecular complexity index is 324. The summed E-state index contributed by atoms with van der Waals surface area (Å²) in [4.78, 5) is 10.3. The van der Waals surface area contributed by atoms with Gasteiger partial charge in [-0.2, -0.15) is 17.4 Å². The first-order valence-corrected chi connectivity index (χ1v) is 6.31. The fourth-order valence-corrected chi connectivity index (χ4v) is 2.37. The molecular weight excluding hydrogens is 220 g/mol. The molecule has 15 heavy (non-hydrogen) atoms. The minimum Gasteiger partial charge on any atom is -0.481 e. The topological polar surface area (TPSA) is 86.7 Å². The van der Waals surface area contributed by atoms with Crippen molar-refractivity contribution < 1.29 is 18.3 Å². The molecule has 0 atom stereocenters. The number of aliphatic carboxylic acids is 1. The predicted molar refractivity (Wildman–Crippen MR) is 54.6 cm³/mol. The van der Waals surface area contributed by atoms with Gasteiger partial charge in [-0.3, -0.25) is 4.79 Å². The SMILES string of the molecule is CN(CCC(=O)O)S(=O)(=O)NC1CCC1. The van der Waals surface area contributed by atoms with Gasteiger partial charge in [0.15, 0.2) is 0 Å². The van der Waals surface area contributed by atoms with Gasteiger partial charge in [0, 0.05) is 19.6 Å². The largest absolute Gasteiger partial charge is 0.481 e. The summed E-state index contributed by atoms with van der Waals surface area (Å²) in [5.41, 5.74) is 0. The number of hydrogen-bond donors (Lipinski definition) is 2. The van der Waals surface area contributed by atoms with Crippen LogP contribution in [-0.4, -0.2) is 43.4 Å². The quantitative estimate of drug-likeness (QED) is 0.667. The van der Waals surface area contributed by atoms with Crippen molar-refractivity contribution in [1.29, 1.82) is 0 Å². The van der Waals surface area contributed by atoms with Crippen molar-refractivity contribution in [3.63, 3.8) is 0 Å². The molecule has 0 heterocycles. The highest BCUT2D eigenvalue weighted by Crippen LogP contribution is 2.19. The first-order chi connectivity index (χ1) is 6.92. The van der Waals surface area contributed by atoms with Crippen LogP contribution in [0.4, 0.5) is 0 Å². The molecule has 0 aromatic carbocycles. The van der Waals surface area contributed by atoms with Gasteiger partial charge in [0.05, 0.1) is 6.42 Å². The number of nitrogens with one attached hydrogen (secondary N) is 1. The van der Waals surface area contributed by atoms with E-state index >= 15 is 0 Å². The zero-order valence-corrected chi connectivity index (χ0v) is 9.46. The third-order valence-electron chi connectivity index (χ3n) is 2.47. The molecule has 0 aromatic rings. The smallest absolute Gasteiger partial charge is 0.304 e. The molecule has 0 aromatic heterocycles. The zero-order chi connectivity index (χ0) is 11.5. The van der Waals surface area contributed by atoms with E-state index < -0.39 is 16.2 Å². The monoisotopic (exact) mass is 236 g/mol. The second-order valence-electron chi connectivity index (χ2n) is 3.72. The van der Waals surface area contributed by atoms with Gasteiger partial charge in [0.2, 0.25) is 0 Å². The lowest BCUT2D eigenvalue weighted by atomic mass is 9.94. The van der Waals surface area contributed by atoms with Crippen LogP contribution in [0.2, 0.25) is 0 Å². The molecule has 1 fully saturated rings. The van der Waals surface area contributed by atoms with Crippen LogP contribution in [0.5, 0.6) is 0 Å². The fourth-order valence-electron chi connectivity index (χ4n) is 1.20. The average molecular weight is 236 g/mol. The summed E-state index contributed by atoms with van der Waals surface area (Å²) >= 11 is 0. The van der Waals surface area contributed by atoms with Crippen LogP contribution in [0.3, 0.4) is 0 Å². The van der Waals surface area contributed by atoms with Crippen LogP contribution >= 0.6 is 0 Å². The Morgan fingerprint density at radius 3 is 2.53 bits per heavy atom. The number of carbonyl (C=O) groups is 1. The first-order valence-electron chi connectivity index (χ1n) is 4.87. The Hall–Kier alpha value is -0.660. The van der Waals surface area contributed by atoms with Gasteiger partial charge < -0.3 is 5.11 Å².